The molecular weight excluding hydrogens is 206 g/mol. The molecule has 2 atom stereocenters. The Labute approximate surface area is 108 Å². The normalized spacial score (nSPS) is 30.5. The second-order valence-corrected chi connectivity index (χ2v) is 6.32. The van der Waals surface area contributed by atoms with Gasteiger partial charge in [-0.25, -0.2) is 0 Å². The summed E-state index contributed by atoms with van der Waals surface area (Å²) in [5.41, 5.74) is 0. The zero-order chi connectivity index (χ0) is 12.1. The van der Waals surface area contributed by atoms with Gasteiger partial charge in [-0.05, 0) is 50.0 Å². The van der Waals surface area contributed by atoms with Crippen molar-refractivity contribution in [2.75, 3.05) is 6.54 Å². The van der Waals surface area contributed by atoms with Crippen molar-refractivity contribution in [2.45, 2.75) is 77.7 Å². The van der Waals surface area contributed by atoms with Gasteiger partial charge in [0.05, 0.1) is 0 Å². The topological polar surface area (TPSA) is 12.0 Å². The zero-order valence-electron chi connectivity index (χ0n) is 11.9. The SMILES string of the molecule is CCC(CC)C1CCCCCC1CNC1CC1. The van der Waals surface area contributed by atoms with Crippen molar-refractivity contribution in [3.63, 3.8) is 0 Å². The van der Waals surface area contributed by atoms with Crippen LogP contribution in [0.2, 0.25) is 0 Å². The first-order valence-electron chi connectivity index (χ1n) is 8.08. The summed E-state index contributed by atoms with van der Waals surface area (Å²) in [6.07, 6.45) is 13.1. The first kappa shape index (κ1) is 13.4. The smallest absolute Gasteiger partial charge is 0.00683 e. The van der Waals surface area contributed by atoms with E-state index in [0.717, 1.165) is 23.8 Å². The highest BCUT2D eigenvalue weighted by atomic mass is 14.9. The van der Waals surface area contributed by atoms with Crippen LogP contribution in [0.4, 0.5) is 0 Å². The standard InChI is InChI=1S/C16H31N/c1-3-13(4-2)16-9-7-5-6-8-14(16)12-17-15-10-11-15/h13-17H,3-12H2,1-2H3. The van der Waals surface area contributed by atoms with Gasteiger partial charge in [0.15, 0.2) is 0 Å². The van der Waals surface area contributed by atoms with Crippen LogP contribution < -0.4 is 5.32 Å². The molecule has 2 aliphatic carbocycles. The number of nitrogens with one attached hydrogen (secondary N) is 1. The molecule has 1 N–H and O–H groups in total. The van der Waals surface area contributed by atoms with E-state index in [-0.39, 0.29) is 0 Å². The maximum atomic E-state index is 3.79. The van der Waals surface area contributed by atoms with Crippen molar-refractivity contribution in [2.24, 2.45) is 17.8 Å². The van der Waals surface area contributed by atoms with Crippen LogP contribution in [0.15, 0.2) is 0 Å². The first-order chi connectivity index (χ1) is 8.35. The average molecular weight is 237 g/mol. The average Bonchev–Trinajstić information content (AvgIpc) is 3.15. The fourth-order valence-electron chi connectivity index (χ4n) is 3.79. The Hall–Kier alpha value is -0.0400. The molecule has 2 unspecified atom stereocenters. The molecule has 1 nitrogen and oxygen atoms in total. The van der Waals surface area contributed by atoms with Crippen molar-refractivity contribution in [1.82, 2.24) is 5.32 Å². The monoisotopic (exact) mass is 237 g/mol. The molecule has 100 valence electrons. The molecule has 0 spiro atoms. The molecule has 2 aliphatic rings. The molecule has 17 heavy (non-hydrogen) atoms. The minimum absolute atomic E-state index is 0.889. The lowest BCUT2D eigenvalue weighted by Gasteiger charge is -2.32. The van der Waals surface area contributed by atoms with Gasteiger partial charge < -0.3 is 5.32 Å². The number of hydrogen-bond donors (Lipinski definition) is 1. The van der Waals surface area contributed by atoms with E-state index in [1.807, 2.05) is 0 Å². The van der Waals surface area contributed by atoms with Gasteiger partial charge in [-0.2, -0.15) is 0 Å². The Morgan fingerprint density at radius 1 is 0.941 bits per heavy atom. The molecule has 0 radical (unpaired) electrons. The molecular formula is C16H31N. The van der Waals surface area contributed by atoms with E-state index in [1.165, 1.54) is 64.3 Å². The zero-order valence-corrected chi connectivity index (χ0v) is 11.9. The van der Waals surface area contributed by atoms with Crippen LogP contribution in [0.1, 0.15) is 71.6 Å². The van der Waals surface area contributed by atoms with Gasteiger partial charge in [-0.15, -0.1) is 0 Å². The lowest BCUT2D eigenvalue weighted by Crippen LogP contribution is -2.32. The quantitative estimate of drug-likeness (QED) is 0.676. The van der Waals surface area contributed by atoms with Crippen LogP contribution in [0, 0.1) is 17.8 Å². The van der Waals surface area contributed by atoms with E-state index in [2.05, 4.69) is 19.2 Å². The summed E-state index contributed by atoms with van der Waals surface area (Å²) in [6, 6.07) is 0.889. The highest BCUT2D eigenvalue weighted by Crippen LogP contribution is 2.37. The molecule has 0 amide bonds. The van der Waals surface area contributed by atoms with E-state index in [9.17, 15) is 0 Å². The molecule has 0 aromatic carbocycles. The Balaban J connectivity index is 1.89. The lowest BCUT2D eigenvalue weighted by molar-refractivity contribution is 0.195. The highest BCUT2D eigenvalue weighted by molar-refractivity contribution is 4.85. The Kier molecular flexibility index (Phi) is 5.34. The first-order valence-corrected chi connectivity index (χ1v) is 8.08. The summed E-state index contributed by atoms with van der Waals surface area (Å²) < 4.78 is 0. The molecule has 2 rings (SSSR count). The van der Waals surface area contributed by atoms with Gasteiger partial charge in [-0.1, -0.05) is 46.0 Å². The fourth-order valence-corrected chi connectivity index (χ4v) is 3.79. The molecule has 0 bridgehead atoms. The van der Waals surface area contributed by atoms with Crippen LogP contribution in [-0.2, 0) is 0 Å². The predicted octanol–water partition coefficient (Wildman–Crippen LogP) is 4.37. The summed E-state index contributed by atoms with van der Waals surface area (Å²) >= 11 is 0. The van der Waals surface area contributed by atoms with Gasteiger partial charge >= 0.3 is 0 Å². The van der Waals surface area contributed by atoms with Crippen LogP contribution in [0.3, 0.4) is 0 Å². The summed E-state index contributed by atoms with van der Waals surface area (Å²) in [4.78, 5) is 0. The second-order valence-electron chi connectivity index (χ2n) is 6.32. The van der Waals surface area contributed by atoms with E-state index >= 15 is 0 Å². The molecule has 2 fully saturated rings. The second kappa shape index (κ2) is 6.78. The summed E-state index contributed by atoms with van der Waals surface area (Å²) in [5, 5.41) is 3.79. The maximum Gasteiger partial charge on any atom is 0.00683 e. The van der Waals surface area contributed by atoms with Crippen molar-refractivity contribution in [3.8, 4) is 0 Å². The van der Waals surface area contributed by atoms with Crippen LogP contribution in [-0.4, -0.2) is 12.6 Å². The van der Waals surface area contributed by atoms with Crippen molar-refractivity contribution in [1.29, 1.82) is 0 Å². The Morgan fingerprint density at radius 2 is 1.65 bits per heavy atom. The lowest BCUT2D eigenvalue weighted by atomic mass is 9.76. The van der Waals surface area contributed by atoms with Crippen LogP contribution in [0.25, 0.3) is 0 Å². The van der Waals surface area contributed by atoms with Crippen LogP contribution in [0.5, 0.6) is 0 Å². The molecule has 0 aromatic heterocycles. The van der Waals surface area contributed by atoms with E-state index in [1.54, 1.807) is 0 Å². The summed E-state index contributed by atoms with van der Waals surface area (Å²) in [6.45, 7) is 6.10. The van der Waals surface area contributed by atoms with E-state index in [0.29, 0.717) is 0 Å². The molecule has 0 saturated heterocycles. The minimum atomic E-state index is 0.889. The van der Waals surface area contributed by atoms with Gasteiger partial charge in [0.2, 0.25) is 0 Å². The van der Waals surface area contributed by atoms with Gasteiger partial charge in [-0.3, -0.25) is 0 Å². The van der Waals surface area contributed by atoms with Gasteiger partial charge in [0, 0.05) is 6.04 Å². The Bertz CT molecular complexity index is 206. The maximum absolute atomic E-state index is 3.79. The van der Waals surface area contributed by atoms with Gasteiger partial charge in [0.25, 0.3) is 0 Å². The molecule has 2 saturated carbocycles. The molecule has 1 heteroatoms. The van der Waals surface area contributed by atoms with Crippen LogP contribution >= 0.6 is 0 Å². The van der Waals surface area contributed by atoms with Crippen molar-refractivity contribution >= 4 is 0 Å². The number of hydrogen-bond acceptors (Lipinski definition) is 1. The summed E-state index contributed by atoms with van der Waals surface area (Å²) in [5.74, 6) is 2.97. The molecule has 0 aromatic rings. The molecule has 0 aliphatic heterocycles. The van der Waals surface area contributed by atoms with E-state index in [4.69, 9.17) is 0 Å². The fraction of sp³-hybridized carbons (Fsp3) is 1.00. The summed E-state index contributed by atoms with van der Waals surface area (Å²) in [7, 11) is 0. The molecule has 0 heterocycles. The third-order valence-corrected chi connectivity index (χ3v) is 5.12. The third kappa shape index (κ3) is 3.98. The van der Waals surface area contributed by atoms with E-state index < -0.39 is 0 Å². The minimum Gasteiger partial charge on any atom is -0.314 e. The van der Waals surface area contributed by atoms with Gasteiger partial charge in [0.1, 0.15) is 0 Å². The Morgan fingerprint density at radius 3 is 2.29 bits per heavy atom. The number of rotatable bonds is 6. The highest BCUT2D eigenvalue weighted by Gasteiger charge is 2.30. The third-order valence-electron chi connectivity index (χ3n) is 5.12. The largest absolute Gasteiger partial charge is 0.314 e. The predicted molar refractivity (Wildman–Crippen MR) is 75.2 cm³/mol. The van der Waals surface area contributed by atoms with Crippen molar-refractivity contribution in [3.05, 3.63) is 0 Å². The van der Waals surface area contributed by atoms with Crippen molar-refractivity contribution < 1.29 is 0 Å².